The van der Waals surface area contributed by atoms with Gasteiger partial charge < -0.3 is 14.6 Å². The first kappa shape index (κ1) is 53.4. The number of esters is 1. The molecule has 0 aliphatic rings. The third-order valence-electron chi connectivity index (χ3n) is 10.7. The summed E-state index contributed by atoms with van der Waals surface area (Å²) < 4.78 is 11.2. The van der Waals surface area contributed by atoms with Crippen molar-refractivity contribution in [3.8, 4) is 0 Å². The summed E-state index contributed by atoms with van der Waals surface area (Å²) in [6.45, 7) is 5.26. The fraction of sp³-hybridized carbons (Fsp3) is 0.824. The Morgan fingerprint density at radius 2 is 0.818 bits per heavy atom. The molecule has 0 heterocycles. The van der Waals surface area contributed by atoms with Crippen molar-refractivity contribution in [1.82, 2.24) is 0 Å². The van der Waals surface area contributed by atoms with Gasteiger partial charge in [-0.15, -0.1) is 0 Å². The maximum atomic E-state index is 12.2. The van der Waals surface area contributed by atoms with Crippen molar-refractivity contribution in [2.24, 2.45) is 0 Å². The number of hydrogen-bond acceptors (Lipinski definition) is 4. The van der Waals surface area contributed by atoms with Crippen LogP contribution in [0.15, 0.2) is 48.6 Å². The predicted octanol–water partition coefficient (Wildman–Crippen LogP) is 16.2. The number of ether oxygens (including phenoxy) is 2. The molecule has 0 saturated carbocycles. The average molecular weight is 771 g/mol. The van der Waals surface area contributed by atoms with E-state index in [9.17, 15) is 9.90 Å². The Bertz CT molecular complexity index is 859. The third kappa shape index (κ3) is 46.6. The molecule has 0 saturated heterocycles. The number of hydrogen-bond donors (Lipinski definition) is 1. The van der Waals surface area contributed by atoms with E-state index in [1.54, 1.807) is 0 Å². The summed E-state index contributed by atoms with van der Waals surface area (Å²) >= 11 is 0. The Hall–Kier alpha value is -1.65. The zero-order valence-corrected chi connectivity index (χ0v) is 36.9. The van der Waals surface area contributed by atoms with Gasteiger partial charge >= 0.3 is 5.97 Å². The summed E-state index contributed by atoms with van der Waals surface area (Å²) in [4.78, 5) is 12.2. The lowest BCUT2D eigenvalue weighted by molar-refractivity contribution is -0.154. The Balaban J connectivity index is 3.40. The van der Waals surface area contributed by atoms with Crippen LogP contribution in [0.4, 0.5) is 0 Å². The number of unbranched alkanes of at least 4 members (excludes halogenated alkanes) is 29. The topological polar surface area (TPSA) is 55.8 Å². The minimum Gasteiger partial charge on any atom is -0.457 e. The second kappa shape index (κ2) is 48.5. The summed E-state index contributed by atoms with van der Waals surface area (Å²) in [6.07, 6.45) is 63.3. The Morgan fingerprint density at radius 3 is 1.24 bits per heavy atom. The van der Waals surface area contributed by atoms with E-state index in [-0.39, 0.29) is 12.6 Å². The molecule has 0 spiro atoms. The zero-order chi connectivity index (χ0) is 39.8. The average Bonchev–Trinajstić information content (AvgIpc) is 3.19. The maximum absolute atomic E-state index is 12.2. The first-order chi connectivity index (χ1) is 27.2. The van der Waals surface area contributed by atoms with Crippen molar-refractivity contribution in [2.45, 2.75) is 251 Å². The van der Waals surface area contributed by atoms with Crippen molar-refractivity contribution in [3.63, 3.8) is 0 Å². The highest BCUT2D eigenvalue weighted by atomic mass is 16.6. The standard InChI is InChI=1S/C51H94O4/c1-3-5-7-9-11-13-15-17-19-21-23-24-25-26-27-29-31-33-35-37-39-41-43-45-47-54-49-50(48-52)55-51(53)46-44-42-40-38-36-34-32-30-28-22-20-18-16-14-12-10-8-6-4-2/h5,7,11,13,17,19,23-24,50,52H,3-4,6,8-10,12,14-16,18,20-22,25-49H2,1-2H3/b7-5-,13-11-,19-17-,24-23-. The maximum Gasteiger partial charge on any atom is 0.306 e. The van der Waals surface area contributed by atoms with Crippen LogP contribution in [0, 0.1) is 0 Å². The van der Waals surface area contributed by atoms with E-state index in [1.807, 2.05) is 0 Å². The quantitative estimate of drug-likeness (QED) is 0.0381. The number of carbonyl (C=O) groups excluding carboxylic acids is 1. The second-order valence-corrected chi connectivity index (χ2v) is 16.2. The molecule has 0 amide bonds. The number of allylic oxidation sites excluding steroid dienone is 8. The van der Waals surface area contributed by atoms with Gasteiger partial charge in [-0.2, -0.15) is 0 Å². The lowest BCUT2D eigenvalue weighted by Crippen LogP contribution is -2.27. The molecule has 0 fully saturated rings. The largest absolute Gasteiger partial charge is 0.457 e. The lowest BCUT2D eigenvalue weighted by atomic mass is 10.0. The number of carbonyl (C=O) groups is 1. The van der Waals surface area contributed by atoms with Crippen LogP contribution in [0.2, 0.25) is 0 Å². The summed E-state index contributed by atoms with van der Waals surface area (Å²) in [5.41, 5.74) is 0. The van der Waals surface area contributed by atoms with Gasteiger partial charge in [0, 0.05) is 13.0 Å². The van der Waals surface area contributed by atoms with Crippen molar-refractivity contribution in [2.75, 3.05) is 19.8 Å². The smallest absolute Gasteiger partial charge is 0.306 e. The molecule has 4 heteroatoms. The summed E-state index contributed by atoms with van der Waals surface area (Å²) in [5, 5.41) is 9.64. The number of rotatable bonds is 45. The molecule has 0 aromatic rings. The van der Waals surface area contributed by atoms with E-state index >= 15 is 0 Å². The molecule has 0 aliphatic heterocycles. The molecule has 1 atom stereocenters. The van der Waals surface area contributed by atoms with Crippen molar-refractivity contribution >= 4 is 5.97 Å². The molecule has 0 aromatic carbocycles. The minimum atomic E-state index is -0.535. The van der Waals surface area contributed by atoms with E-state index in [0.717, 1.165) is 44.9 Å². The van der Waals surface area contributed by atoms with Gasteiger partial charge in [0.2, 0.25) is 0 Å². The van der Waals surface area contributed by atoms with Gasteiger partial charge in [-0.25, -0.2) is 0 Å². The van der Waals surface area contributed by atoms with Crippen molar-refractivity contribution in [3.05, 3.63) is 48.6 Å². The van der Waals surface area contributed by atoms with E-state index in [1.165, 1.54) is 180 Å². The van der Waals surface area contributed by atoms with Gasteiger partial charge in [0.15, 0.2) is 0 Å². The normalized spacial score (nSPS) is 12.7. The molecule has 1 unspecified atom stereocenters. The molecule has 0 rings (SSSR count). The van der Waals surface area contributed by atoms with Crippen LogP contribution < -0.4 is 0 Å². The molecular weight excluding hydrogens is 677 g/mol. The van der Waals surface area contributed by atoms with Crippen molar-refractivity contribution in [1.29, 1.82) is 0 Å². The monoisotopic (exact) mass is 771 g/mol. The molecule has 4 nitrogen and oxygen atoms in total. The van der Waals surface area contributed by atoms with Crippen LogP contribution in [-0.4, -0.2) is 37.0 Å². The molecule has 0 radical (unpaired) electrons. The van der Waals surface area contributed by atoms with Crippen LogP contribution >= 0.6 is 0 Å². The third-order valence-corrected chi connectivity index (χ3v) is 10.7. The molecular formula is C51H94O4. The fourth-order valence-electron chi connectivity index (χ4n) is 7.09. The first-order valence-electron chi connectivity index (χ1n) is 24.2. The van der Waals surface area contributed by atoms with Crippen LogP contribution in [0.1, 0.15) is 245 Å². The highest BCUT2D eigenvalue weighted by Gasteiger charge is 2.13. The fourth-order valence-corrected chi connectivity index (χ4v) is 7.09. The van der Waals surface area contributed by atoms with Crippen LogP contribution in [0.5, 0.6) is 0 Å². The predicted molar refractivity (Wildman–Crippen MR) is 242 cm³/mol. The highest BCUT2D eigenvalue weighted by molar-refractivity contribution is 5.69. The van der Waals surface area contributed by atoms with E-state index in [4.69, 9.17) is 9.47 Å². The zero-order valence-electron chi connectivity index (χ0n) is 36.9. The molecule has 0 aliphatic carbocycles. The van der Waals surface area contributed by atoms with Crippen molar-refractivity contribution < 1.29 is 19.4 Å². The van der Waals surface area contributed by atoms with Gasteiger partial charge in [0.25, 0.3) is 0 Å². The summed E-state index contributed by atoms with van der Waals surface area (Å²) in [5.74, 6) is -0.198. The SMILES string of the molecule is CC/C=C\C/C=C\C/C=C\C/C=C\CCCCCCCCCCCCCOCC(CO)OC(=O)CCCCCCCCCCCCCCCCCCCCC. The Labute approximate surface area is 343 Å². The Kier molecular flexibility index (Phi) is 47.0. The van der Waals surface area contributed by atoms with Gasteiger partial charge in [-0.05, 0) is 51.4 Å². The van der Waals surface area contributed by atoms with Gasteiger partial charge in [0.1, 0.15) is 6.10 Å². The molecule has 1 N–H and O–H groups in total. The highest BCUT2D eigenvalue weighted by Crippen LogP contribution is 2.16. The molecule has 55 heavy (non-hydrogen) atoms. The van der Waals surface area contributed by atoms with Gasteiger partial charge in [-0.3, -0.25) is 4.79 Å². The summed E-state index contributed by atoms with van der Waals surface area (Å²) in [7, 11) is 0. The first-order valence-corrected chi connectivity index (χ1v) is 24.2. The lowest BCUT2D eigenvalue weighted by Gasteiger charge is -2.16. The van der Waals surface area contributed by atoms with Gasteiger partial charge in [-0.1, -0.05) is 236 Å². The van der Waals surface area contributed by atoms with E-state index in [0.29, 0.717) is 19.6 Å². The van der Waals surface area contributed by atoms with E-state index < -0.39 is 6.10 Å². The summed E-state index contributed by atoms with van der Waals surface area (Å²) in [6, 6.07) is 0. The second-order valence-electron chi connectivity index (χ2n) is 16.2. The van der Waals surface area contributed by atoms with Gasteiger partial charge in [0.05, 0.1) is 13.2 Å². The Morgan fingerprint density at radius 1 is 0.455 bits per heavy atom. The molecule has 322 valence electrons. The number of aliphatic hydroxyl groups is 1. The van der Waals surface area contributed by atoms with Crippen LogP contribution in [-0.2, 0) is 14.3 Å². The van der Waals surface area contributed by atoms with Crippen LogP contribution in [0.3, 0.4) is 0 Å². The molecule has 0 aromatic heterocycles. The number of aliphatic hydroxyl groups excluding tert-OH is 1. The molecule has 0 bridgehead atoms. The van der Waals surface area contributed by atoms with E-state index in [2.05, 4.69) is 62.5 Å². The van der Waals surface area contributed by atoms with Crippen LogP contribution in [0.25, 0.3) is 0 Å². The minimum absolute atomic E-state index is 0.170.